The van der Waals surface area contributed by atoms with Gasteiger partial charge in [-0.1, -0.05) is 0 Å². The molecule has 0 saturated heterocycles. The van der Waals surface area contributed by atoms with Gasteiger partial charge in [-0.25, -0.2) is 4.79 Å². The second-order valence-corrected chi connectivity index (χ2v) is 2.67. The van der Waals surface area contributed by atoms with Crippen molar-refractivity contribution in [2.75, 3.05) is 6.61 Å². The number of aliphatic hydroxyl groups is 1. The van der Waals surface area contributed by atoms with E-state index in [0.717, 1.165) is 0 Å². The van der Waals surface area contributed by atoms with Gasteiger partial charge in [0.2, 0.25) is 0 Å². The van der Waals surface area contributed by atoms with Crippen LogP contribution in [-0.2, 0) is 13.9 Å². The quantitative estimate of drug-likeness (QED) is 0.453. The Morgan fingerprint density at radius 2 is 2.09 bits per heavy atom. The van der Waals surface area contributed by atoms with Gasteiger partial charge in [0.15, 0.2) is 6.10 Å². The molecule has 0 radical (unpaired) electrons. The summed E-state index contributed by atoms with van der Waals surface area (Å²) in [6.07, 6.45) is -2.00. The topological polar surface area (TPSA) is 130 Å². The van der Waals surface area contributed by atoms with Gasteiger partial charge in [0.05, 0.1) is 14.4 Å². The second kappa shape index (κ2) is 3.80. The summed E-state index contributed by atoms with van der Waals surface area (Å²) in [5.74, 6) is -1.71. The summed E-state index contributed by atoms with van der Waals surface area (Å²) in [5.41, 5.74) is 0. The number of hydrogen-bond donors (Lipinski definition) is 2. The first kappa shape index (κ1) is 10.5. The molecule has 8 heteroatoms. The first-order chi connectivity index (χ1) is 4.87. The van der Waals surface area contributed by atoms with Crippen LogP contribution in [0.15, 0.2) is 0 Å². The highest BCUT2D eigenvalue weighted by Crippen LogP contribution is 2.26. The number of phosphoric acid groups is 1. The molecule has 0 saturated carbocycles. The summed E-state index contributed by atoms with van der Waals surface area (Å²) in [6.45, 7) is -1.07. The molecular weight excluding hydrogens is 179 g/mol. The van der Waals surface area contributed by atoms with Crippen molar-refractivity contribution < 1.29 is 33.9 Å². The molecule has 0 aromatic heterocycles. The van der Waals surface area contributed by atoms with E-state index in [1.807, 2.05) is 0 Å². The highest BCUT2D eigenvalue weighted by atomic mass is 31.2. The maximum atomic E-state index is 9.92. The molecule has 1 unspecified atom stereocenters. The van der Waals surface area contributed by atoms with Crippen LogP contribution in [0.1, 0.15) is 0 Å². The standard InChI is InChI=1S/C3H7O7P/c4-1-2(3(5)6)10-11(7,8)9/h2,4H,1H2,(H,5,6)(H2,7,8,9)/p-2. The van der Waals surface area contributed by atoms with E-state index >= 15 is 0 Å². The van der Waals surface area contributed by atoms with Crippen molar-refractivity contribution in [2.24, 2.45) is 0 Å². The molecule has 66 valence electrons. The van der Waals surface area contributed by atoms with Gasteiger partial charge in [-0.3, -0.25) is 0 Å². The van der Waals surface area contributed by atoms with Gasteiger partial charge in [0.1, 0.15) is 0 Å². The van der Waals surface area contributed by atoms with E-state index in [0.29, 0.717) is 0 Å². The Labute approximate surface area is 61.5 Å². The molecule has 0 rings (SSSR count). The third-order valence-electron chi connectivity index (χ3n) is 0.698. The van der Waals surface area contributed by atoms with Crippen LogP contribution >= 0.6 is 7.82 Å². The average Bonchev–Trinajstić information content (AvgIpc) is 1.80. The lowest BCUT2D eigenvalue weighted by atomic mass is 10.4. The summed E-state index contributed by atoms with van der Waals surface area (Å²) in [4.78, 5) is 29.5. The Bertz CT molecular complexity index is 182. The molecular formula is C3H5O7P-2. The molecule has 0 bridgehead atoms. The van der Waals surface area contributed by atoms with Crippen LogP contribution in [0.2, 0.25) is 0 Å². The van der Waals surface area contributed by atoms with Crippen molar-refractivity contribution in [3.8, 4) is 0 Å². The molecule has 0 aromatic rings. The maximum absolute atomic E-state index is 9.92. The first-order valence-electron chi connectivity index (χ1n) is 2.41. The minimum atomic E-state index is -5.33. The maximum Gasteiger partial charge on any atom is 0.335 e. The molecule has 0 aromatic carbocycles. The number of rotatable bonds is 4. The molecule has 0 fully saturated rings. The third-order valence-corrected chi connectivity index (χ3v) is 1.21. The Balaban J connectivity index is 4.10. The predicted molar refractivity (Wildman–Crippen MR) is 27.2 cm³/mol. The average molecular weight is 184 g/mol. The smallest absolute Gasteiger partial charge is 0.335 e. The molecule has 0 aliphatic rings. The molecule has 0 spiro atoms. The van der Waals surface area contributed by atoms with E-state index in [2.05, 4.69) is 4.52 Å². The number of carboxylic acid groups (broad SMARTS) is 1. The van der Waals surface area contributed by atoms with Crippen molar-refractivity contribution in [3.05, 3.63) is 0 Å². The van der Waals surface area contributed by atoms with E-state index in [4.69, 9.17) is 10.2 Å². The van der Waals surface area contributed by atoms with Crippen molar-refractivity contribution in [2.45, 2.75) is 6.10 Å². The highest BCUT2D eigenvalue weighted by Gasteiger charge is 2.17. The van der Waals surface area contributed by atoms with E-state index in [-0.39, 0.29) is 0 Å². The largest absolute Gasteiger partial charge is 0.790 e. The minimum Gasteiger partial charge on any atom is -0.790 e. The molecule has 0 aliphatic heterocycles. The second-order valence-electron chi connectivity index (χ2n) is 1.56. The normalized spacial score (nSPS) is 14.5. The summed E-state index contributed by atoms with van der Waals surface area (Å²) in [6, 6.07) is 0. The van der Waals surface area contributed by atoms with Crippen LogP contribution in [0.5, 0.6) is 0 Å². The van der Waals surface area contributed by atoms with Gasteiger partial charge in [-0.05, 0) is 0 Å². The van der Waals surface area contributed by atoms with Crippen molar-refractivity contribution in [1.29, 1.82) is 0 Å². The third kappa shape index (κ3) is 4.88. The van der Waals surface area contributed by atoms with E-state index < -0.39 is 26.5 Å². The highest BCUT2D eigenvalue weighted by molar-refractivity contribution is 7.43. The number of aliphatic carboxylic acids is 1. The lowest BCUT2D eigenvalue weighted by Crippen LogP contribution is -2.31. The molecule has 2 N–H and O–H groups in total. The van der Waals surface area contributed by atoms with Crippen molar-refractivity contribution in [3.63, 3.8) is 0 Å². The zero-order valence-electron chi connectivity index (χ0n) is 5.17. The Morgan fingerprint density at radius 1 is 1.64 bits per heavy atom. The van der Waals surface area contributed by atoms with Crippen LogP contribution in [0.4, 0.5) is 0 Å². The summed E-state index contributed by atoms with van der Waals surface area (Å²) in [7, 11) is -5.33. The summed E-state index contributed by atoms with van der Waals surface area (Å²) in [5, 5.41) is 16.2. The molecule has 0 aliphatic carbocycles. The van der Waals surface area contributed by atoms with Crippen LogP contribution in [0, 0.1) is 0 Å². The Kier molecular flexibility index (Phi) is 3.64. The fourth-order valence-corrected chi connectivity index (χ4v) is 0.781. The van der Waals surface area contributed by atoms with E-state index in [1.165, 1.54) is 0 Å². The molecule has 11 heavy (non-hydrogen) atoms. The van der Waals surface area contributed by atoms with Gasteiger partial charge in [-0.15, -0.1) is 0 Å². The monoisotopic (exact) mass is 184 g/mol. The Morgan fingerprint density at radius 3 is 2.18 bits per heavy atom. The summed E-state index contributed by atoms with van der Waals surface area (Å²) < 4.78 is 13.2. The molecule has 1 atom stereocenters. The number of hydrogen-bond acceptors (Lipinski definition) is 6. The van der Waals surface area contributed by atoms with E-state index in [9.17, 15) is 19.1 Å². The van der Waals surface area contributed by atoms with Gasteiger partial charge < -0.3 is 29.1 Å². The fourth-order valence-electron chi connectivity index (χ4n) is 0.312. The molecule has 7 nitrogen and oxygen atoms in total. The Hall–Kier alpha value is -0.460. The number of carboxylic acids is 1. The lowest BCUT2D eigenvalue weighted by Gasteiger charge is -2.30. The predicted octanol–water partition coefficient (Wildman–Crippen LogP) is -2.72. The van der Waals surface area contributed by atoms with Crippen LogP contribution < -0.4 is 9.79 Å². The fraction of sp³-hybridized carbons (Fsp3) is 0.667. The zero-order valence-corrected chi connectivity index (χ0v) is 6.06. The number of aliphatic hydroxyl groups excluding tert-OH is 1. The van der Waals surface area contributed by atoms with Gasteiger partial charge in [0, 0.05) is 0 Å². The number of phosphoric ester groups is 1. The van der Waals surface area contributed by atoms with Crippen LogP contribution in [-0.4, -0.2) is 28.9 Å². The van der Waals surface area contributed by atoms with Gasteiger partial charge in [0.25, 0.3) is 0 Å². The molecule has 0 amide bonds. The molecule has 0 heterocycles. The van der Waals surface area contributed by atoms with E-state index in [1.54, 1.807) is 0 Å². The summed E-state index contributed by atoms with van der Waals surface area (Å²) >= 11 is 0. The lowest BCUT2D eigenvalue weighted by molar-refractivity contribution is -0.345. The number of carbonyl (C=O) groups is 1. The van der Waals surface area contributed by atoms with Crippen molar-refractivity contribution in [1.82, 2.24) is 0 Å². The first-order valence-corrected chi connectivity index (χ1v) is 3.87. The van der Waals surface area contributed by atoms with Gasteiger partial charge >= 0.3 is 5.97 Å². The minimum absolute atomic E-state index is 1.07. The van der Waals surface area contributed by atoms with Crippen molar-refractivity contribution >= 4 is 13.8 Å². The van der Waals surface area contributed by atoms with Gasteiger partial charge in [-0.2, -0.15) is 0 Å². The van der Waals surface area contributed by atoms with Crippen LogP contribution in [0.25, 0.3) is 0 Å². The van der Waals surface area contributed by atoms with Crippen LogP contribution in [0.3, 0.4) is 0 Å². The zero-order chi connectivity index (χ0) is 9.07. The SMILES string of the molecule is O=C(O)C(CO)OP(=O)([O-])[O-].